The lowest BCUT2D eigenvalue weighted by Gasteiger charge is -2.16. The standard InChI is InChI=1S/C9H11N.HI/c1-2-6-9-8(4-1)5-3-7-10-9;/h1-2,4,6,10H,3,5,7H2;1H. The molecule has 1 N–H and O–H groups in total. The van der Waals surface area contributed by atoms with Crippen LogP contribution in [-0.4, -0.2) is 6.54 Å². The van der Waals surface area contributed by atoms with Gasteiger partial charge in [-0.2, -0.15) is 0 Å². The van der Waals surface area contributed by atoms with Crippen molar-refractivity contribution in [2.24, 2.45) is 0 Å². The van der Waals surface area contributed by atoms with E-state index in [9.17, 15) is 0 Å². The first-order valence-electron chi connectivity index (χ1n) is 3.78. The number of benzene rings is 1. The summed E-state index contributed by atoms with van der Waals surface area (Å²) in [6.07, 6.45) is 2.51. The number of anilines is 1. The minimum absolute atomic E-state index is 0. The van der Waals surface area contributed by atoms with E-state index in [-0.39, 0.29) is 24.0 Å². The zero-order valence-electron chi connectivity index (χ0n) is 6.34. The summed E-state index contributed by atoms with van der Waals surface area (Å²) in [5.74, 6) is 0. The minimum Gasteiger partial charge on any atom is -0.385 e. The molecule has 0 unspecified atom stereocenters. The third-order valence-corrected chi connectivity index (χ3v) is 1.96. The van der Waals surface area contributed by atoms with E-state index < -0.39 is 0 Å². The van der Waals surface area contributed by atoms with Crippen molar-refractivity contribution in [1.82, 2.24) is 0 Å². The number of rotatable bonds is 0. The third kappa shape index (κ3) is 1.86. The van der Waals surface area contributed by atoms with Crippen LogP contribution >= 0.6 is 24.0 Å². The van der Waals surface area contributed by atoms with Crippen LogP contribution in [0.25, 0.3) is 0 Å². The van der Waals surface area contributed by atoms with Crippen LogP contribution in [0, 0.1) is 0 Å². The van der Waals surface area contributed by atoms with Crippen molar-refractivity contribution in [1.29, 1.82) is 0 Å². The molecule has 1 aliphatic rings. The van der Waals surface area contributed by atoms with Gasteiger partial charge in [-0.1, -0.05) is 18.2 Å². The lowest BCUT2D eigenvalue weighted by Crippen LogP contribution is -2.10. The molecule has 0 aliphatic carbocycles. The van der Waals surface area contributed by atoms with Gasteiger partial charge in [0.1, 0.15) is 0 Å². The second-order valence-electron chi connectivity index (χ2n) is 2.69. The normalized spacial score (nSPS) is 14.2. The number of fused-ring (bicyclic) bond motifs is 1. The van der Waals surface area contributed by atoms with Gasteiger partial charge < -0.3 is 5.32 Å². The molecule has 0 saturated carbocycles. The molecule has 0 spiro atoms. The van der Waals surface area contributed by atoms with Crippen molar-refractivity contribution < 1.29 is 0 Å². The molecule has 1 heterocycles. The first-order chi connectivity index (χ1) is 4.97. The Morgan fingerprint density at radius 3 is 2.82 bits per heavy atom. The maximum atomic E-state index is 3.36. The van der Waals surface area contributed by atoms with Crippen LogP contribution < -0.4 is 5.32 Å². The molecule has 0 bridgehead atoms. The number of hydrogen-bond donors (Lipinski definition) is 1. The average Bonchev–Trinajstić information content (AvgIpc) is 2.05. The summed E-state index contributed by atoms with van der Waals surface area (Å²) < 4.78 is 0. The summed E-state index contributed by atoms with van der Waals surface area (Å²) in [5.41, 5.74) is 2.79. The zero-order chi connectivity index (χ0) is 6.81. The van der Waals surface area contributed by atoms with Gasteiger partial charge in [0.05, 0.1) is 0 Å². The van der Waals surface area contributed by atoms with Gasteiger partial charge in [0.25, 0.3) is 0 Å². The van der Waals surface area contributed by atoms with Crippen molar-refractivity contribution >= 4 is 29.7 Å². The van der Waals surface area contributed by atoms with Crippen molar-refractivity contribution in [3.05, 3.63) is 29.8 Å². The van der Waals surface area contributed by atoms with Crippen molar-refractivity contribution in [3.8, 4) is 0 Å². The number of hydrogen-bond acceptors (Lipinski definition) is 1. The lowest BCUT2D eigenvalue weighted by atomic mass is 10.0. The van der Waals surface area contributed by atoms with Crippen LogP contribution in [0.1, 0.15) is 12.0 Å². The molecule has 2 heteroatoms. The van der Waals surface area contributed by atoms with E-state index in [1.54, 1.807) is 0 Å². The third-order valence-electron chi connectivity index (χ3n) is 1.96. The molecule has 1 aromatic carbocycles. The summed E-state index contributed by atoms with van der Waals surface area (Å²) >= 11 is 0. The van der Waals surface area contributed by atoms with E-state index in [0.29, 0.717) is 0 Å². The maximum absolute atomic E-state index is 3.36. The Balaban J connectivity index is 0.000000605. The Bertz CT molecular complexity index is 210. The Kier molecular flexibility index (Phi) is 3.17. The Morgan fingerprint density at radius 1 is 1.18 bits per heavy atom. The fourth-order valence-electron chi connectivity index (χ4n) is 1.41. The van der Waals surface area contributed by atoms with Crippen molar-refractivity contribution in [2.45, 2.75) is 12.8 Å². The second kappa shape index (κ2) is 3.95. The molecule has 0 fully saturated rings. The minimum atomic E-state index is 0. The molecule has 0 aromatic heterocycles. The van der Waals surface area contributed by atoms with E-state index in [1.807, 2.05) is 0 Å². The van der Waals surface area contributed by atoms with Gasteiger partial charge >= 0.3 is 0 Å². The van der Waals surface area contributed by atoms with E-state index in [2.05, 4.69) is 29.6 Å². The first kappa shape index (κ1) is 8.84. The van der Waals surface area contributed by atoms with Gasteiger partial charge in [-0.3, -0.25) is 0 Å². The second-order valence-corrected chi connectivity index (χ2v) is 2.69. The van der Waals surface area contributed by atoms with Gasteiger partial charge in [-0.25, -0.2) is 0 Å². The molecule has 0 saturated heterocycles. The molecule has 0 amide bonds. The maximum Gasteiger partial charge on any atom is 0.0372 e. The number of aryl methyl sites for hydroxylation is 1. The quantitative estimate of drug-likeness (QED) is 0.708. The topological polar surface area (TPSA) is 12.0 Å². The fraction of sp³-hybridized carbons (Fsp3) is 0.333. The van der Waals surface area contributed by atoms with E-state index in [4.69, 9.17) is 0 Å². The highest BCUT2D eigenvalue weighted by Gasteiger charge is 2.04. The summed E-state index contributed by atoms with van der Waals surface area (Å²) in [5, 5.41) is 3.36. The smallest absolute Gasteiger partial charge is 0.0372 e. The Labute approximate surface area is 84.2 Å². The number of halogens is 1. The SMILES string of the molecule is I.c1ccc2c(c1)CCCN2. The van der Waals surface area contributed by atoms with Gasteiger partial charge in [0, 0.05) is 12.2 Å². The van der Waals surface area contributed by atoms with Crippen molar-refractivity contribution in [2.75, 3.05) is 11.9 Å². The van der Waals surface area contributed by atoms with Crippen molar-refractivity contribution in [3.63, 3.8) is 0 Å². The van der Waals surface area contributed by atoms with E-state index in [1.165, 1.54) is 24.1 Å². The lowest BCUT2D eigenvalue weighted by molar-refractivity contribution is 0.830. The predicted octanol–water partition coefficient (Wildman–Crippen LogP) is 2.66. The molecule has 1 aliphatic heterocycles. The fourth-order valence-corrected chi connectivity index (χ4v) is 1.41. The molecule has 60 valence electrons. The first-order valence-corrected chi connectivity index (χ1v) is 3.78. The predicted molar refractivity (Wildman–Crippen MR) is 58.7 cm³/mol. The molecule has 1 aromatic rings. The van der Waals surface area contributed by atoms with Crippen LogP contribution in [0.5, 0.6) is 0 Å². The summed E-state index contributed by atoms with van der Waals surface area (Å²) in [6, 6.07) is 8.53. The Hall–Kier alpha value is -0.250. The van der Waals surface area contributed by atoms with Gasteiger partial charge in [-0.05, 0) is 24.5 Å². The van der Waals surface area contributed by atoms with Crippen LogP contribution in [0.3, 0.4) is 0 Å². The molecule has 2 rings (SSSR count). The highest BCUT2D eigenvalue weighted by Crippen LogP contribution is 2.19. The van der Waals surface area contributed by atoms with Gasteiger partial charge in [0.2, 0.25) is 0 Å². The monoisotopic (exact) mass is 261 g/mol. The molecular formula is C9H12IN. The molecule has 0 radical (unpaired) electrons. The van der Waals surface area contributed by atoms with Gasteiger partial charge in [-0.15, -0.1) is 24.0 Å². The highest BCUT2D eigenvalue weighted by atomic mass is 127. The van der Waals surface area contributed by atoms with E-state index >= 15 is 0 Å². The van der Waals surface area contributed by atoms with E-state index in [0.717, 1.165) is 6.54 Å². The zero-order valence-corrected chi connectivity index (χ0v) is 8.67. The Morgan fingerprint density at radius 2 is 2.00 bits per heavy atom. The molecule has 0 atom stereocenters. The summed E-state index contributed by atoms with van der Waals surface area (Å²) in [6.45, 7) is 1.14. The summed E-state index contributed by atoms with van der Waals surface area (Å²) in [4.78, 5) is 0. The highest BCUT2D eigenvalue weighted by molar-refractivity contribution is 14.0. The van der Waals surface area contributed by atoms with Crippen LogP contribution in [0.2, 0.25) is 0 Å². The largest absolute Gasteiger partial charge is 0.385 e. The average molecular weight is 261 g/mol. The van der Waals surface area contributed by atoms with Crippen LogP contribution in [-0.2, 0) is 6.42 Å². The van der Waals surface area contributed by atoms with Crippen LogP contribution in [0.15, 0.2) is 24.3 Å². The van der Waals surface area contributed by atoms with Crippen LogP contribution in [0.4, 0.5) is 5.69 Å². The molecule has 11 heavy (non-hydrogen) atoms. The summed E-state index contributed by atoms with van der Waals surface area (Å²) in [7, 11) is 0. The number of para-hydroxylation sites is 1. The molecule has 1 nitrogen and oxygen atoms in total. The van der Waals surface area contributed by atoms with Gasteiger partial charge in [0.15, 0.2) is 0 Å². The molecular weight excluding hydrogens is 249 g/mol. The number of nitrogens with one attached hydrogen (secondary N) is 1.